The third-order valence-electron chi connectivity index (χ3n) is 8.57. The van der Waals surface area contributed by atoms with Crippen molar-refractivity contribution in [1.29, 1.82) is 0 Å². The smallest absolute Gasteiger partial charge is 0.0650 e. The standard InChI is InChI=1S/C39H25N3/c1-2-12-29(13-3-1)42-37-17-9-7-15-32(37)35-25-40-24-34(39(35)42)28-19-21-38-33(23-28)31-14-6-8-16-36(31)41(38)30-20-18-26-10-4-5-11-27(26)22-30/h1-25H. The number of hydrogen-bond donors (Lipinski definition) is 0. The molecule has 0 unspecified atom stereocenters. The van der Waals surface area contributed by atoms with E-state index >= 15 is 0 Å². The molecule has 0 bridgehead atoms. The summed E-state index contributed by atoms with van der Waals surface area (Å²) in [4.78, 5) is 4.75. The van der Waals surface area contributed by atoms with Gasteiger partial charge in [-0.2, -0.15) is 0 Å². The highest BCUT2D eigenvalue weighted by molar-refractivity contribution is 6.15. The van der Waals surface area contributed by atoms with Gasteiger partial charge in [0.1, 0.15) is 0 Å². The Morgan fingerprint density at radius 2 is 1.07 bits per heavy atom. The zero-order valence-electron chi connectivity index (χ0n) is 22.8. The average Bonchev–Trinajstić information content (AvgIpc) is 3.58. The van der Waals surface area contributed by atoms with E-state index in [1.54, 1.807) is 0 Å². The summed E-state index contributed by atoms with van der Waals surface area (Å²) in [5.74, 6) is 0. The second-order valence-corrected chi connectivity index (χ2v) is 10.9. The minimum atomic E-state index is 1.12. The van der Waals surface area contributed by atoms with Crippen molar-refractivity contribution in [3.63, 3.8) is 0 Å². The number of nitrogens with zero attached hydrogens (tertiary/aromatic N) is 3. The van der Waals surface area contributed by atoms with Crippen molar-refractivity contribution >= 4 is 54.4 Å². The van der Waals surface area contributed by atoms with Crippen LogP contribution in [0, 0.1) is 0 Å². The third kappa shape index (κ3) is 3.31. The minimum absolute atomic E-state index is 1.12. The number of rotatable bonds is 3. The van der Waals surface area contributed by atoms with Crippen molar-refractivity contribution in [3.05, 3.63) is 152 Å². The molecule has 6 aromatic carbocycles. The number of fused-ring (bicyclic) bond motifs is 7. The van der Waals surface area contributed by atoms with Gasteiger partial charge in [0.2, 0.25) is 0 Å². The molecule has 3 aromatic heterocycles. The van der Waals surface area contributed by atoms with Crippen LogP contribution in [0.2, 0.25) is 0 Å². The normalized spacial score (nSPS) is 11.8. The lowest BCUT2D eigenvalue weighted by Crippen LogP contribution is -1.96. The molecule has 0 aliphatic rings. The molecule has 0 fully saturated rings. The second-order valence-electron chi connectivity index (χ2n) is 10.9. The van der Waals surface area contributed by atoms with Crippen LogP contribution in [0.5, 0.6) is 0 Å². The largest absolute Gasteiger partial charge is 0.309 e. The fourth-order valence-electron chi connectivity index (χ4n) is 6.70. The van der Waals surface area contributed by atoms with Crippen LogP contribution >= 0.6 is 0 Å². The van der Waals surface area contributed by atoms with Gasteiger partial charge in [0, 0.05) is 50.9 Å². The van der Waals surface area contributed by atoms with Gasteiger partial charge in [-0.3, -0.25) is 4.98 Å². The zero-order chi connectivity index (χ0) is 27.6. The van der Waals surface area contributed by atoms with E-state index in [4.69, 9.17) is 4.98 Å². The fraction of sp³-hybridized carbons (Fsp3) is 0. The summed E-state index contributed by atoms with van der Waals surface area (Å²) >= 11 is 0. The van der Waals surface area contributed by atoms with Crippen LogP contribution in [0.15, 0.2) is 152 Å². The SMILES string of the molecule is c1ccc(-n2c3ccccc3c3cncc(-c4ccc5c(c4)c4ccccc4n5-c4ccc5ccccc5c4)c32)cc1. The molecule has 0 aliphatic carbocycles. The molecule has 0 spiro atoms. The van der Waals surface area contributed by atoms with Crippen molar-refractivity contribution in [2.24, 2.45) is 0 Å². The Morgan fingerprint density at radius 3 is 1.90 bits per heavy atom. The van der Waals surface area contributed by atoms with Gasteiger partial charge < -0.3 is 9.13 Å². The van der Waals surface area contributed by atoms with Crippen LogP contribution < -0.4 is 0 Å². The van der Waals surface area contributed by atoms with Gasteiger partial charge in [-0.25, -0.2) is 0 Å². The molecule has 0 N–H and O–H groups in total. The third-order valence-corrected chi connectivity index (χ3v) is 8.57. The van der Waals surface area contributed by atoms with Gasteiger partial charge in [0.05, 0.1) is 22.1 Å². The van der Waals surface area contributed by atoms with Gasteiger partial charge in [-0.15, -0.1) is 0 Å². The van der Waals surface area contributed by atoms with Crippen LogP contribution in [0.1, 0.15) is 0 Å². The van der Waals surface area contributed by atoms with Gasteiger partial charge in [0.25, 0.3) is 0 Å². The Kier molecular flexibility index (Phi) is 4.90. The Hall–Kier alpha value is -5.67. The predicted molar refractivity (Wildman–Crippen MR) is 176 cm³/mol. The van der Waals surface area contributed by atoms with Crippen LogP contribution in [-0.2, 0) is 0 Å². The van der Waals surface area contributed by atoms with Crippen molar-refractivity contribution in [3.8, 4) is 22.5 Å². The highest BCUT2D eigenvalue weighted by Gasteiger charge is 2.18. The van der Waals surface area contributed by atoms with Gasteiger partial charge in [-0.1, -0.05) is 91.0 Å². The first kappa shape index (κ1) is 23.1. The maximum Gasteiger partial charge on any atom is 0.0650 e. The molecule has 3 heterocycles. The Bertz CT molecular complexity index is 2460. The molecule has 9 rings (SSSR count). The van der Waals surface area contributed by atoms with Gasteiger partial charge >= 0.3 is 0 Å². The Balaban J connectivity index is 1.34. The van der Waals surface area contributed by atoms with E-state index in [1.807, 2.05) is 12.4 Å². The molecule has 0 radical (unpaired) electrons. The van der Waals surface area contributed by atoms with E-state index in [2.05, 4.69) is 149 Å². The van der Waals surface area contributed by atoms with Crippen LogP contribution in [-0.4, -0.2) is 14.1 Å². The first-order valence-corrected chi connectivity index (χ1v) is 14.3. The second kappa shape index (κ2) is 8.92. The van der Waals surface area contributed by atoms with Crippen molar-refractivity contribution < 1.29 is 0 Å². The fourth-order valence-corrected chi connectivity index (χ4v) is 6.70. The highest BCUT2D eigenvalue weighted by Crippen LogP contribution is 2.40. The topological polar surface area (TPSA) is 22.8 Å². The molecule has 0 aliphatic heterocycles. The summed E-state index contributed by atoms with van der Waals surface area (Å²) in [6, 6.07) is 50.1. The molecule has 3 heteroatoms. The number of pyridine rings is 1. The Morgan fingerprint density at radius 1 is 0.405 bits per heavy atom. The lowest BCUT2D eigenvalue weighted by atomic mass is 10.0. The number of aromatic nitrogens is 3. The lowest BCUT2D eigenvalue weighted by molar-refractivity contribution is 1.17. The molecule has 196 valence electrons. The number of para-hydroxylation sites is 3. The first-order valence-electron chi connectivity index (χ1n) is 14.3. The molecule has 0 atom stereocenters. The molecule has 42 heavy (non-hydrogen) atoms. The zero-order valence-corrected chi connectivity index (χ0v) is 22.8. The van der Waals surface area contributed by atoms with Crippen molar-refractivity contribution in [2.75, 3.05) is 0 Å². The average molecular weight is 536 g/mol. The maximum atomic E-state index is 4.75. The van der Waals surface area contributed by atoms with E-state index in [1.165, 1.54) is 54.7 Å². The van der Waals surface area contributed by atoms with Crippen LogP contribution in [0.3, 0.4) is 0 Å². The summed E-state index contributed by atoms with van der Waals surface area (Å²) in [6.45, 7) is 0. The van der Waals surface area contributed by atoms with Crippen LogP contribution in [0.25, 0.3) is 76.9 Å². The quantitative estimate of drug-likeness (QED) is 0.221. The summed E-state index contributed by atoms with van der Waals surface area (Å²) < 4.78 is 4.77. The molecule has 3 nitrogen and oxygen atoms in total. The van der Waals surface area contributed by atoms with E-state index < -0.39 is 0 Å². The van der Waals surface area contributed by atoms with E-state index in [9.17, 15) is 0 Å². The Labute approximate surface area is 242 Å². The summed E-state index contributed by atoms with van der Waals surface area (Å²) in [5.41, 5.74) is 9.34. The van der Waals surface area contributed by atoms with Crippen LogP contribution in [0.4, 0.5) is 0 Å². The van der Waals surface area contributed by atoms with Crippen molar-refractivity contribution in [2.45, 2.75) is 0 Å². The molecule has 0 amide bonds. The molecule has 0 saturated carbocycles. The van der Waals surface area contributed by atoms with Gasteiger partial charge in [0.15, 0.2) is 0 Å². The summed E-state index contributed by atoms with van der Waals surface area (Å²) in [5, 5.41) is 7.33. The predicted octanol–water partition coefficient (Wildman–Crippen LogP) is 10.1. The summed E-state index contributed by atoms with van der Waals surface area (Å²) in [6.07, 6.45) is 4.02. The maximum absolute atomic E-state index is 4.75. The summed E-state index contributed by atoms with van der Waals surface area (Å²) in [7, 11) is 0. The molecular weight excluding hydrogens is 510 g/mol. The van der Waals surface area contributed by atoms with E-state index in [-0.39, 0.29) is 0 Å². The monoisotopic (exact) mass is 535 g/mol. The molecular formula is C39H25N3. The first-order chi connectivity index (χ1) is 20.8. The van der Waals surface area contributed by atoms with Gasteiger partial charge in [-0.05, 0) is 64.9 Å². The number of benzene rings is 6. The molecule has 0 saturated heterocycles. The minimum Gasteiger partial charge on any atom is -0.309 e. The van der Waals surface area contributed by atoms with Crippen molar-refractivity contribution in [1.82, 2.24) is 14.1 Å². The molecule has 9 aromatic rings. The lowest BCUT2D eigenvalue weighted by Gasteiger charge is -2.12. The highest BCUT2D eigenvalue weighted by atomic mass is 15.0. The van der Waals surface area contributed by atoms with E-state index in [0.29, 0.717) is 0 Å². The number of hydrogen-bond acceptors (Lipinski definition) is 1. The van der Waals surface area contributed by atoms with E-state index in [0.717, 1.165) is 22.2 Å².